The van der Waals surface area contributed by atoms with E-state index in [0.717, 1.165) is 6.07 Å². The summed E-state index contributed by atoms with van der Waals surface area (Å²) in [5.41, 5.74) is 0.475. The van der Waals surface area contributed by atoms with Gasteiger partial charge in [0.05, 0.1) is 9.95 Å². The maximum atomic E-state index is 11.0. The lowest BCUT2D eigenvalue weighted by atomic mass is 10.1. The largest absolute Gasteiger partial charge is 0.288 e. The molecule has 0 aliphatic carbocycles. The van der Waals surface area contributed by atoms with E-state index in [4.69, 9.17) is 16.8 Å². The third-order valence-electron chi connectivity index (χ3n) is 1.52. The highest BCUT2D eigenvalue weighted by Crippen LogP contribution is 2.25. The molecular weight excluding hydrogens is 212 g/mol. The Bertz CT molecular complexity index is 393. The molecule has 1 rings (SSSR count). The molecule has 0 spiro atoms. The molecule has 0 aliphatic rings. The van der Waals surface area contributed by atoms with Crippen LogP contribution in [-0.2, 0) is 0 Å². The molecule has 2 N–H and O–H groups in total. The SMILES string of the molecule is O=C(NO)c1c(Cl)cccc1[N+](=O)[O-]. The van der Waals surface area contributed by atoms with Crippen LogP contribution in [-0.4, -0.2) is 16.0 Å². The van der Waals surface area contributed by atoms with Crippen molar-refractivity contribution in [2.75, 3.05) is 0 Å². The van der Waals surface area contributed by atoms with Gasteiger partial charge in [-0.1, -0.05) is 17.7 Å². The summed E-state index contributed by atoms with van der Waals surface area (Å²) < 4.78 is 0. The summed E-state index contributed by atoms with van der Waals surface area (Å²) in [6, 6.07) is 3.78. The number of nitro groups is 1. The van der Waals surface area contributed by atoms with E-state index in [0.29, 0.717) is 0 Å². The number of halogens is 1. The Hall–Kier alpha value is -1.66. The first kappa shape index (κ1) is 10.4. The highest BCUT2D eigenvalue weighted by atomic mass is 35.5. The van der Waals surface area contributed by atoms with Gasteiger partial charge in [-0.2, -0.15) is 0 Å². The van der Waals surface area contributed by atoms with Gasteiger partial charge in [-0.15, -0.1) is 0 Å². The van der Waals surface area contributed by atoms with Crippen molar-refractivity contribution >= 4 is 23.2 Å². The van der Waals surface area contributed by atoms with E-state index in [2.05, 4.69) is 0 Å². The number of hydrogen-bond acceptors (Lipinski definition) is 4. The minimum absolute atomic E-state index is 0.0919. The molecule has 0 atom stereocenters. The van der Waals surface area contributed by atoms with Crippen LogP contribution in [0.3, 0.4) is 0 Å². The smallest absolute Gasteiger partial charge is 0.283 e. The van der Waals surface area contributed by atoms with Crippen LogP contribution >= 0.6 is 11.6 Å². The molecule has 0 aliphatic heterocycles. The van der Waals surface area contributed by atoms with E-state index in [1.54, 1.807) is 0 Å². The molecule has 0 radical (unpaired) electrons. The van der Waals surface area contributed by atoms with Gasteiger partial charge in [0.1, 0.15) is 5.56 Å². The number of carbonyl (C=O) groups is 1. The predicted molar refractivity (Wildman–Crippen MR) is 47.4 cm³/mol. The van der Waals surface area contributed by atoms with E-state index in [1.165, 1.54) is 17.6 Å². The summed E-state index contributed by atoms with van der Waals surface area (Å²) in [6.07, 6.45) is 0. The Kier molecular flexibility index (Phi) is 3.00. The molecule has 0 fully saturated rings. The highest BCUT2D eigenvalue weighted by molar-refractivity contribution is 6.34. The summed E-state index contributed by atoms with van der Waals surface area (Å²) >= 11 is 5.57. The molecule has 0 bridgehead atoms. The fourth-order valence-corrected chi connectivity index (χ4v) is 1.20. The number of hydroxylamine groups is 1. The van der Waals surface area contributed by atoms with Crippen LogP contribution < -0.4 is 5.48 Å². The highest BCUT2D eigenvalue weighted by Gasteiger charge is 2.22. The molecule has 1 amide bonds. The second-order valence-corrected chi connectivity index (χ2v) is 2.74. The molecular formula is C7H5ClN2O4. The predicted octanol–water partition coefficient (Wildman–Crippen LogP) is 1.37. The van der Waals surface area contributed by atoms with Gasteiger partial charge in [-0.05, 0) is 6.07 Å². The number of carbonyl (C=O) groups excluding carboxylic acids is 1. The lowest BCUT2D eigenvalue weighted by molar-refractivity contribution is -0.385. The molecule has 7 heteroatoms. The molecule has 14 heavy (non-hydrogen) atoms. The lowest BCUT2D eigenvalue weighted by Crippen LogP contribution is -2.20. The van der Waals surface area contributed by atoms with Crippen molar-refractivity contribution in [3.05, 3.63) is 38.9 Å². The molecule has 0 heterocycles. The second-order valence-electron chi connectivity index (χ2n) is 2.33. The minimum atomic E-state index is -1.01. The van der Waals surface area contributed by atoms with Gasteiger partial charge in [0.25, 0.3) is 11.6 Å². The number of hydrogen-bond donors (Lipinski definition) is 2. The van der Waals surface area contributed by atoms with E-state index in [9.17, 15) is 14.9 Å². The summed E-state index contributed by atoms with van der Waals surface area (Å²) in [5, 5.41) is 18.7. The first-order valence-electron chi connectivity index (χ1n) is 3.45. The topological polar surface area (TPSA) is 92.5 Å². The number of amides is 1. The molecule has 1 aromatic rings. The summed E-state index contributed by atoms with van der Waals surface area (Å²) in [4.78, 5) is 20.7. The molecule has 0 saturated carbocycles. The number of nitro benzene ring substituents is 1. The maximum absolute atomic E-state index is 11.0. The van der Waals surface area contributed by atoms with Crippen LogP contribution in [0.15, 0.2) is 18.2 Å². The van der Waals surface area contributed by atoms with Gasteiger partial charge in [0, 0.05) is 6.07 Å². The van der Waals surface area contributed by atoms with Crippen molar-refractivity contribution in [3.8, 4) is 0 Å². The van der Waals surface area contributed by atoms with E-state index < -0.39 is 16.5 Å². The van der Waals surface area contributed by atoms with Gasteiger partial charge < -0.3 is 0 Å². The van der Waals surface area contributed by atoms with Crippen molar-refractivity contribution in [1.29, 1.82) is 0 Å². The van der Waals surface area contributed by atoms with Crippen molar-refractivity contribution in [3.63, 3.8) is 0 Å². The Morgan fingerprint density at radius 1 is 1.57 bits per heavy atom. The minimum Gasteiger partial charge on any atom is -0.288 e. The quantitative estimate of drug-likeness (QED) is 0.444. The number of nitrogens with zero attached hydrogens (tertiary/aromatic N) is 1. The zero-order chi connectivity index (χ0) is 10.7. The van der Waals surface area contributed by atoms with Crippen LogP contribution in [0.25, 0.3) is 0 Å². The summed E-state index contributed by atoms with van der Waals surface area (Å²) in [5.74, 6) is -1.01. The van der Waals surface area contributed by atoms with Crippen molar-refractivity contribution < 1.29 is 14.9 Å². The van der Waals surface area contributed by atoms with Crippen LogP contribution in [0.4, 0.5) is 5.69 Å². The van der Waals surface area contributed by atoms with E-state index >= 15 is 0 Å². The normalized spacial score (nSPS) is 9.57. The second kappa shape index (κ2) is 4.03. The fourth-order valence-electron chi connectivity index (χ4n) is 0.946. The lowest BCUT2D eigenvalue weighted by Gasteiger charge is -2.02. The van der Waals surface area contributed by atoms with Gasteiger partial charge >= 0.3 is 0 Å². The van der Waals surface area contributed by atoms with Crippen LogP contribution in [0.5, 0.6) is 0 Å². The Morgan fingerprint density at radius 3 is 2.71 bits per heavy atom. The summed E-state index contributed by atoms with van der Waals surface area (Å²) in [7, 11) is 0. The Balaban J connectivity index is 3.36. The van der Waals surface area contributed by atoms with Gasteiger partial charge in [0.2, 0.25) is 0 Å². The fraction of sp³-hybridized carbons (Fsp3) is 0. The first-order valence-corrected chi connectivity index (χ1v) is 3.83. The molecule has 0 aromatic heterocycles. The standard InChI is InChI=1S/C7H5ClN2O4/c8-4-2-1-3-5(10(13)14)6(4)7(11)9-12/h1-3,12H,(H,9,11). The van der Waals surface area contributed by atoms with E-state index in [-0.39, 0.29) is 10.6 Å². The molecule has 0 saturated heterocycles. The number of benzene rings is 1. The van der Waals surface area contributed by atoms with Crippen LogP contribution in [0.1, 0.15) is 10.4 Å². The molecule has 74 valence electrons. The third kappa shape index (κ3) is 1.81. The maximum Gasteiger partial charge on any atom is 0.283 e. The first-order chi connectivity index (χ1) is 6.57. The van der Waals surface area contributed by atoms with Crippen molar-refractivity contribution in [2.45, 2.75) is 0 Å². The molecule has 6 nitrogen and oxygen atoms in total. The van der Waals surface area contributed by atoms with E-state index in [1.807, 2.05) is 0 Å². The van der Waals surface area contributed by atoms with Crippen LogP contribution in [0.2, 0.25) is 5.02 Å². The molecule has 0 unspecified atom stereocenters. The van der Waals surface area contributed by atoms with Crippen molar-refractivity contribution in [2.24, 2.45) is 0 Å². The summed E-state index contributed by atoms with van der Waals surface area (Å²) in [6.45, 7) is 0. The average Bonchev–Trinajstić information content (AvgIpc) is 2.16. The van der Waals surface area contributed by atoms with Gasteiger partial charge in [-0.3, -0.25) is 20.1 Å². The zero-order valence-electron chi connectivity index (χ0n) is 6.73. The number of nitrogens with one attached hydrogen (secondary N) is 1. The Morgan fingerprint density at radius 2 is 2.21 bits per heavy atom. The number of rotatable bonds is 2. The van der Waals surface area contributed by atoms with Crippen molar-refractivity contribution in [1.82, 2.24) is 5.48 Å². The third-order valence-corrected chi connectivity index (χ3v) is 1.83. The average molecular weight is 217 g/mol. The Labute approximate surface area is 83.2 Å². The monoisotopic (exact) mass is 216 g/mol. The zero-order valence-corrected chi connectivity index (χ0v) is 7.49. The van der Waals surface area contributed by atoms with Crippen LogP contribution in [0, 0.1) is 10.1 Å². The van der Waals surface area contributed by atoms with Gasteiger partial charge in [0.15, 0.2) is 0 Å². The van der Waals surface area contributed by atoms with Gasteiger partial charge in [-0.25, -0.2) is 5.48 Å². The molecule has 1 aromatic carbocycles.